The van der Waals surface area contributed by atoms with Gasteiger partial charge in [0.1, 0.15) is 5.82 Å². The molecule has 0 aliphatic heterocycles. The van der Waals surface area contributed by atoms with Crippen LogP contribution in [0.4, 0.5) is 17.6 Å². The molecule has 0 radical (unpaired) electrons. The Bertz CT molecular complexity index is 578. The predicted molar refractivity (Wildman–Crippen MR) is 68.7 cm³/mol. The maximum absolute atomic E-state index is 13.3. The Kier molecular flexibility index (Phi) is 4.09. The van der Waals surface area contributed by atoms with Crippen molar-refractivity contribution in [1.29, 1.82) is 0 Å². The van der Waals surface area contributed by atoms with Crippen molar-refractivity contribution in [3.63, 3.8) is 0 Å². The van der Waals surface area contributed by atoms with Gasteiger partial charge in [0.2, 0.25) is 0 Å². The van der Waals surface area contributed by atoms with E-state index in [0.29, 0.717) is 5.56 Å². The summed E-state index contributed by atoms with van der Waals surface area (Å²) in [6, 6.07) is 11.7. The van der Waals surface area contributed by atoms with E-state index in [0.717, 1.165) is 17.7 Å². The summed E-state index contributed by atoms with van der Waals surface area (Å²) in [4.78, 5) is 0. The van der Waals surface area contributed by atoms with Gasteiger partial charge in [0, 0.05) is 0 Å². The highest BCUT2D eigenvalue weighted by Gasteiger charge is 2.34. The van der Waals surface area contributed by atoms with Crippen molar-refractivity contribution in [2.75, 3.05) is 7.05 Å². The van der Waals surface area contributed by atoms with Gasteiger partial charge in [-0.05, 0) is 30.3 Å². The minimum atomic E-state index is -4.70. The van der Waals surface area contributed by atoms with Crippen molar-refractivity contribution in [2.24, 2.45) is 0 Å². The average Bonchev–Trinajstić information content (AvgIpc) is 2.41. The zero-order chi connectivity index (χ0) is 14.8. The lowest BCUT2D eigenvalue weighted by Gasteiger charge is -2.19. The van der Waals surface area contributed by atoms with Gasteiger partial charge < -0.3 is 5.32 Å². The summed E-state index contributed by atoms with van der Waals surface area (Å²) in [5, 5.41) is 2.94. The summed E-state index contributed by atoms with van der Waals surface area (Å²) in [6.07, 6.45) is -4.70. The lowest BCUT2D eigenvalue weighted by atomic mass is 9.97. The smallest absolute Gasteiger partial charge is 0.309 e. The van der Waals surface area contributed by atoms with E-state index in [4.69, 9.17) is 0 Å². The van der Waals surface area contributed by atoms with Crippen molar-refractivity contribution in [3.05, 3.63) is 71.0 Å². The van der Waals surface area contributed by atoms with Gasteiger partial charge in [-0.3, -0.25) is 0 Å². The first-order valence-electron chi connectivity index (χ1n) is 6.02. The minimum Gasteiger partial charge on any atom is -0.309 e. The molecular formula is C15H13F4N. The summed E-state index contributed by atoms with van der Waals surface area (Å²) in [5.41, 5.74) is -0.0617. The molecular weight excluding hydrogens is 270 g/mol. The van der Waals surface area contributed by atoms with Crippen molar-refractivity contribution in [2.45, 2.75) is 12.2 Å². The third-order valence-electron chi connectivity index (χ3n) is 3.05. The quantitative estimate of drug-likeness (QED) is 0.834. The van der Waals surface area contributed by atoms with Crippen LogP contribution in [0.2, 0.25) is 0 Å². The zero-order valence-corrected chi connectivity index (χ0v) is 10.7. The molecule has 1 nitrogen and oxygen atoms in total. The first kappa shape index (κ1) is 14.5. The van der Waals surface area contributed by atoms with Crippen LogP contribution in [0.25, 0.3) is 0 Å². The molecule has 0 fully saturated rings. The van der Waals surface area contributed by atoms with E-state index in [-0.39, 0.29) is 0 Å². The van der Waals surface area contributed by atoms with Gasteiger partial charge in [-0.25, -0.2) is 4.39 Å². The fraction of sp³-hybridized carbons (Fsp3) is 0.200. The Labute approximate surface area is 114 Å². The molecule has 106 valence electrons. The van der Waals surface area contributed by atoms with Gasteiger partial charge in [-0.1, -0.05) is 36.4 Å². The number of nitrogens with one attached hydrogen (secondary N) is 1. The summed E-state index contributed by atoms with van der Waals surface area (Å²) in [6.45, 7) is 0. The second-order valence-corrected chi connectivity index (χ2v) is 4.37. The van der Waals surface area contributed by atoms with Crippen LogP contribution in [0.1, 0.15) is 22.7 Å². The van der Waals surface area contributed by atoms with Crippen molar-refractivity contribution in [3.8, 4) is 0 Å². The Morgan fingerprint density at radius 2 is 1.60 bits per heavy atom. The highest BCUT2D eigenvalue weighted by Crippen LogP contribution is 2.34. The lowest BCUT2D eigenvalue weighted by Crippen LogP contribution is -2.19. The molecule has 0 saturated carbocycles. The second kappa shape index (κ2) is 5.63. The molecule has 2 rings (SSSR count). The van der Waals surface area contributed by atoms with Crippen LogP contribution >= 0.6 is 0 Å². The third-order valence-corrected chi connectivity index (χ3v) is 3.05. The molecule has 2 aromatic carbocycles. The monoisotopic (exact) mass is 283 g/mol. The Morgan fingerprint density at radius 3 is 2.15 bits per heavy atom. The van der Waals surface area contributed by atoms with E-state index in [2.05, 4.69) is 5.32 Å². The summed E-state index contributed by atoms with van der Waals surface area (Å²) in [5.74, 6) is -1.26. The number of hydrogen-bond donors (Lipinski definition) is 1. The van der Waals surface area contributed by atoms with Crippen LogP contribution in [0.5, 0.6) is 0 Å². The largest absolute Gasteiger partial charge is 0.419 e. The lowest BCUT2D eigenvalue weighted by molar-refractivity contribution is -0.140. The Morgan fingerprint density at radius 1 is 0.950 bits per heavy atom. The standard InChI is InChI=1S/C15H13F4N/c1-20-14(10-5-3-2-4-6-10)11-7-8-13(16)12(9-11)15(17,18)19/h2-9,14,20H,1H3. The topological polar surface area (TPSA) is 12.0 Å². The van der Waals surface area contributed by atoms with Gasteiger partial charge in [0.15, 0.2) is 0 Å². The number of alkyl halides is 3. The average molecular weight is 283 g/mol. The molecule has 0 spiro atoms. The number of rotatable bonds is 3. The highest BCUT2D eigenvalue weighted by atomic mass is 19.4. The van der Waals surface area contributed by atoms with E-state index in [1.165, 1.54) is 6.07 Å². The van der Waals surface area contributed by atoms with E-state index >= 15 is 0 Å². The highest BCUT2D eigenvalue weighted by molar-refractivity contribution is 5.35. The van der Waals surface area contributed by atoms with Crippen molar-refractivity contribution >= 4 is 0 Å². The molecule has 1 atom stereocenters. The maximum atomic E-state index is 13.3. The van der Waals surface area contributed by atoms with Gasteiger partial charge in [-0.15, -0.1) is 0 Å². The van der Waals surface area contributed by atoms with Gasteiger partial charge in [-0.2, -0.15) is 13.2 Å². The molecule has 0 bridgehead atoms. The van der Waals surface area contributed by atoms with Crippen molar-refractivity contribution < 1.29 is 17.6 Å². The molecule has 0 aliphatic rings. The first-order valence-corrected chi connectivity index (χ1v) is 6.02. The van der Waals surface area contributed by atoms with E-state index in [1.807, 2.05) is 6.07 Å². The van der Waals surface area contributed by atoms with Crippen LogP contribution in [0.15, 0.2) is 48.5 Å². The summed E-state index contributed by atoms with van der Waals surface area (Å²) in [7, 11) is 1.65. The molecule has 20 heavy (non-hydrogen) atoms. The molecule has 1 unspecified atom stereocenters. The third kappa shape index (κ3) is 2.99. The molecule has 1 N–H and O–H groups in total. The first-order chi connectivity index (χ1) is 9.43. The Balaban J connectivity index is 2.46. The zero-order valence-electron chi connectivity index (χ0n) is 10.7. The van der Waals surface area contributed by atoms with Crippen LogP contribution in [0, 0.1) is 5.82 Å². The Hall–Kier alpha value is -1.88. The summed E-state index contributed by atoms with van der Waals surface area (Å²) < 4.78 is 51.5. The number of halogens is 4. The SMILES string of the molecule is CNC(c1ccccc1)c1ccc(F)c(C(F)(F)F)c1. The molecule has 0 aromatic heterocycles. The predicted octanol–water partition coefficient (Wildman–Crippen LogP) is 4.15. The van der Waals surface area contributed by atoms with Gasteiger partial charge in [0.25, 0.3) is 0 Å². The molecule has 0 aliphatic carbocycles. The normalized spacial score (nSPS) is 13.2. The van der Waals surface area contributed by atoms with E-state index < -0.39 is 23.6 Å². The molecule has 2 aromatic rings. The van der Waals surface area contributed by atoms with E-state index in [9.17, 15) is 17.6 Å². The van der Waals surface area contributed by atoms with Gasteiger partial charge >= 0.3 is 6.18 Å². The molecule has 5 heteroatoms. The van der Waals surface area contributed by atoms with Crippen LogP contribution in [-0.4, -0.2) is 7.05 Å². The van der Waals surface area contributed by atoms with Crippen molar-refractivity contribution in [1.82, 2.24) is 5.32 Å². The van der Waals surface area contributed by atoms with E-state index in [1.54, 1.807) is 31.3 Å². The van der Waals surface area contributed by atoms with Gasteiger partial charge in [0.05, 0.1) is 11.6 Å². The minimum absolute atomic E-state index is 0.368. The van der Waals surface area contributed by atoms with Crippen LogP contribution < -0.4 is 5.32 Å². The fourth-order valence-electron chi connectivity index (χ4n) is 2.11. The number of benzene rings is 2. The summed E-state index contributed by atoms with van der Waals surface area (Å²) >= 11 is 0. The van der Waals surface area contributed by atoms with Crippen LogP contribution in [0.3, 0.4) is 0 Å². The second-order valence-electron chi connectivity index (χ2n) is 4.37. The maximum Gasteiger partial charge on any atom is 0.419 e. The fourth-order valence-corrected chi connectivity index (χ4v) is 2.11. The molecule has 0 amide bonds. The molecule has 0 saturated heterocycles. The van der Waals surface area contributed by atoms with Crippen LogP contribution in [-0.2, 0) is 6.18 Å². The number of hydrogen-bond acceptors (Lipinski definition) is 1. The molecule has 0 heterocycles.